The Balaban J connectivity index is 1.33. The molecule has 160 valence electrons. The van der Waals surface area contributed by atoms with E-state index in [4.69, 9.17) is 14.5 Å². The van der Waals surface area contributed by atoms with Crippen LogP contribution in [0.1, 0.15) is 43.7 Å². The summed E-state index contributed by atoms with van der Waals surface area (Å²) >= 11 is 0. The van der Waals surface area contributed by atoms with Crippen LogP contribution in [0, 0.1) is 12.8 Å². The van der Waals surface area contributed by atoms with Gasteiger partial charge in [-0.1, -0.05) is 12.1 Å². The highest BCUT2D eigenvalue weighted by atomic mass is 16.5. The minimum absolute atomic E-state index is 0.227. The molecule has 1 aromatic rings. The minimum atomic E-state index is 0.227. The number of aryl methyl sites for hydroxylation is 1. The quantitative estimate of drug-likeness (QED) is 0.519. The first-order valence-electron chi connectivity index (χ1n) is 11.3. The lowest BCUT2D eigenvalue weighted by molar-refractivity contribution is -0.0453. The average Bonchev–Trinajstić information content (AvgIpc) is 3.44. The van der Waals surface area contributed by atoms with Crippen molar-refractivity contribution in [2.45, 2.75) is 58.2 Å². The van der Waals surface area contributed by atoms with Gasteiger partial charge < -0.3 is 20.1 Å². The molecule has 2 unspecified atom stereocenters. The molecule has 2 atom stereocenters. The Morgan fingerprint density at radius 3 is 3.00 bits per heavy atom. The predicted molar refractivity (Wildman–Crippen MR) is 117 cm³/mol. The Hall–Kier alpha value is -1.79. The summed E-state index contributed by atoms with van der Waals surface area (Å²) in [5, 5.41) is 6.84. The molecule has 2 N–H and O–H groups in total. The number of rotatable bonds is 8. The van der Waals surface area contributed by atoms with Crippen LogP contribution < -0.4 is 15.4 Å². The summed E-state index contributed by atoms with van der Waals surface area (Å²) in [5.74, 6) is 2.57. The van der Waals surface area contributed by atoms with Crippen molar-refractivity contribution in [3.63, 3.8) is 0 Å². The average molecular weight is 401 g/mol. The second kappa shape index (κ2) is 9.81. The summed E-state index contributed by atoms with van der Waals surface area (Å²) in [5.41, 5.74) is 2.37. The zero-order valence-electron chi connectivity index (χ0n) is 18.0. The largest absolute Gasteiger partial charge is 0.493 e. The van der Waals surface area contributed by atoms with Gasteiger partial charge in [0.2, 0.25) is 0 Å². The number of nitrogens with one attached hydrogen (secondary N) is 2. The molecular weight excluding hydrogens is 364 g/mol. The van der Waals surface area contributed by atoms with Crippen LogP contribution in [0.25, 0.3) is 0 Å². The highest BCUT2D eigenvalue weighted by Crippen LogP contribution is 2.31. The van der Waals surface area contributed by atoms with Crippen molar-refractivity contribution in [3.05, 3.63) is 29.3 Å². The van der Waals surface area contributed by atoms with E-state index in [1.807, 2.05) is 0 Å². The number of aliphatic imine (C=N–C) groups is 1. The van der Waals surface area contributed by atoms with Gasteiger partial charge in [0.05, 0.1) is 25.9 Å². The van der Waals surface area contributed by atoms with Crippen molar-refractivity contribution < 1.29 is 9.47 Å². The fourth-order valence-electron chi connectivity index (χ4n) is 4.14. The lowest BCUT2D eigenvalue weighted by Gasteiger charge is -2.35. The maximum atomic E-state index is 6.09. The topological polar surface area (TPSA) is 58.1 Å². The van der Waals surface area contributed by atoms with Gasteiger partial charge >= 0.3 is 0 Å². The molecule has 0 spiro atoms. The van der Waals surface area contributed by atoms with Gasteiger partial charge in [0.15, 0.2) is 5.96 Å². The van der Waals surface area contributed by atoms with Crippen LogP contribution in [-0.4, -0.2) is 62.4 Å². The molecule has 1 saturated carbocycles. The summed E-state index contributed by atoms with van der Waals surface area (Å²) < 4.78 is 12.2. The number of fused-ring (bicyclic) bond motifs is 1. The third-order valence-corrected chi connectivity index (χ3v) is 6.10. The lowest BCUT2D eigenvalue weighted by Crippen LogP contribution is -2.51. The van der Waals surface area contributed by atoms with Gasteiger partial charge in [-0.15, -0.1) is 0 Å². The van der Waals surface area contributed by atoms with E-state index in [1.54, 1.807) is 0 Å². The van der Waals surface area contributed by atoms with Crippen molar-refractivity contribution in [1.82, 2.24) is 15.5 Å². The number of hydrogen-bond acceptors (Lipinski definition) is 4. The van der Waals surface area contributed by atoms with E-state index < -0.39 is 0 Å². The van der Waals surface area contributed by atoms with Crippen LogP contribution in [0.2, 0.25) is 0 Å². The van der Waals surface area contributed by atoms with Crippen LogP contribution in [-0.2, 0) is 11.3 Å². The summed E-state index contributed by atoms with van der Waals surface area (Å²) in [6.07, 6.45) is 5.42. The van der Waals surface area contributed by atoms with Gasteiger partial charge in [-0.05, 0) is 63.6 Å². The third-order valence-electron chi connectivity index (χ3n) is 6.10. The first-order valence-corrected chi connectivity index (χ1v) is 11.3. The van der Waals surface area contributed by atoms with Gasteiger partial charge in [0.1, 0.15) is 5.75 Å². The summed E-state index contributed by atoms with van der Waals surface area (Å²) in [7, 11) is 0. The third kappa shape index (κ3) is 5.86. The molecule has 29 heavy (non-hydrogen) atoms. The van der Waals surface area contributed by atoms with Gasteiger partial charge in [-0.3, -0.25) is 4.90 Å². The maximum absolute atomic E-state index is 6.09. The zero-order valence-corrected chi connectivity index (χ0v) is 18.0. The van der Waals surface area contributed by atoms with Gasteiger partial charge in [-0.2, -0.15) is 0 Å². The van der Waals surface area contributed by atoms with Gasteiger partial charge in [0, 0.05) is 31.2 Å². The molecule has 2 heterocycles. The van der Waals surface area contributed by atoms with E-state index >= 15 is 0 Å². The molecule has 3 aliphatic rings. The van der Waals surface area contributed by atoms with Crippen LogP contribution in [0.4, 0.5) is 0 Å². The van der Waals surface area contributed by atoms with Gasteiger partial charge in [-0.25, -0.2) is 4.99 Å². The minimum Gasteiger partial charge on any atom is -0.493 e. The smallest absolute Gasteiger partial charge is 0.191 e. The van der Waals surface area contributed by atoms with E-state index in [0.29, 0.717) is 12.6 Å². The van der Waals surface area contributed by atoms with Crippen LogP contribution in [0.5, 0.6) is 5.75 Å². The molecular formula is C23H36N4O2. The van der Waals surface area contributed by atoms with Crippen molar-refractivity contribution >= 4 is 5.96 Å². The highest BCUT2D eigenvalue weighted by molar-refractivity contribution is 5.79. The number of hydrogen-bond donors (Lipinski definition) is 2. The van der Waals surface area contributed by atoms with Crippen LogP contribution in [0.3, 0.4) is 0 Å². The molecule has 1 aromatic carbocycles. The molecule has 3 fully saturated rings. The van der Waals surface area contributed by atoms with E-state index in [0.717, 1.165) is 56.0 Å². The molecule has 2 saturated heterocycles. The van der Waals surface area contributed by atoms with Crippen molar-refractivity contribution in [3.8, 4) is 5.75 Å². The molecule has 0 aromatic heterocycles. The number of benzene rings is 1. The molecule has 6 heteroatoms. The summed E-state index contributed by atoms with van der Waals surface area (Å²) in [6.45, 7) is 10.4. The normalized spacial score (nSPS) is 25.0. The summed E-state index contributed by atoms with van der Waals surface area (Å²) in [6, 6.07) is 7.05. The highest BCUT2D eigenvalue weighted by Gasteiger charge is 2.32. The van der Waals surface area contributed by atoms with E-state index in [1.165, 1.54) is 37.8 Å². The second-order valence-corrected chi connectivity index (χ2v) is 8.69. The fourth-order valence-corrected chi connectivity index (χ4v) is 4.14. The van der Waals surface area contributed by atoms with Crippen molar-refractivity contribution in [2.24, 2.45) is 10.9 Å². The molecule has 0 bridgehead atoms. The van der Waals surface area contributed by atoms with Crippen molar-refractivity contribution in [1.29, 1.82) is 0 Å². The SMILES string of the molecule is CCNC(=NCc1ccc(C)cc1OCC1CC1)NCC1CN2CCCC2CO1. The lowest BCUT2D eigenvalue weighted by atomic mass is 10.1. The van der Waals surface area contributed by atoms with Crippen molar-refractivity contribution in [2.75, 3.05) is 39.4 Å². The maximum Gasteiger partial charge on any atom is 0.191 e. The number of nitrogens with zero attached hydrogens (tertiary/aromatic N) is 2. The number of ether oxygens (including phenoxy) is 2. The van der Waals surface area contributed by atoms with Crippen LogP contribution >= 0.6 is 0 Å². The number of morpholine rings is 1. The number of guanidine groups is 1. The van der Waals surface area contributed by atoms with Gasteiger partial charge in [0.25, 0.3) is 0 Å². The Kier molecular flexibility index (Phi) is 6.93. The molecule has 4 rings (SSSR count). The van der Waals surface area contributed by atoms with Crippen LogP contribution in [0.15, 0.2) is 23.2 Å². The monoisotopic (exact) mass is 400 g/mol. The zero-order chi connectivity index (χ0) is 20.1. The first-order chi connectivity index (χ1) is 14.2. The Morgan fingerprint density at radius 2 is 2.17 bits per heavy atom. The fraction of sp³-hybridized carbons (Fsp3) is 0.696. The predicted octanol–water partition coefficient (Wildman–Crippen LogP) is 2.70. The molecule has 6 nitrogen and oxygen atoms in total. The molecule has 0 amide bonds. The second-order valence-electron chi connectivity index (χ2n) is 8.69. The Labute approximate surface area is 175 Å². The van der Waals surface area contributed by atoms with E-state index in [9.17, 15) is 0 Å². The Bertz CT molecular complexity index is 704. The Morgan fingerprint density at radius 1 is 1.28 bits per heavy atom. The van der Waals surface area contributed by atoms with E-state index in [2.05, 4.69) is 47.6 Å². The molecule has 2 aliphatic heterocycles. The van der Waals surface area contributed by atoms with E-state index in [-0.39, 0.29) is 6.10 Å². The molecule has 0 radical (unpaired) electrons. The standard InChI is InChI=1S/C23H36N4O2/c1-3-24-23(26-13-21-14-27-10-4-5-20(27)16-28-21)25-12-19-9-6-17(2)11-22(19)29-15-18-7-8-18/h6,9,11,18,20-21H,3-5,7-8,10,12-16H2,1-2H3,(H2,24,25,26). The first kappa shape index (κ1) is 20.5. The molecule has 1 aliphatic carbocycles. The summed E-state index contributed by atoms with van der Waals surface area (Å²) in [4.78, 5) is 7.39.